The van der Waals surface area contributed by atoms with Crippen LogP contribution < -0.4 is 20.7 Å². The summed E-state index contributed by atoms with van der Waals surface area (Å²) in [4.78, 5) is 14.4. The Balaban J connectivity index is 1.76. The van der Waals surface area contributed by atoms with Gasteiger partial charge in [-0.2, -0.15) is 0 Å². The van der Waals surface area contributed by atoms with Crippen molar-refractivity contribution in [2.75, 3.05) is 29.0 Å². The Kier molecular flexibility index (Phi) is 4.10. The van der Waals surface area contributed by atoms with E-state index in [4.69, 9.17) is 10.5 Å². The Bertz CT molecular complexity index is 730. The molecule has 1 aliphatic heterocycles. The fourth-order valence-electron chi connectivity index (χ4n) is 2.77. The first-order valence-electron chi connectivity index (χ1n) is 7.69. The summed E-state index contributed by atoms with van der Waals surface area (Å²) in [7, 11) is 0. The number of para-hydroxylation sites is 1. The van der Waals surface area contributed by atoms with Gasteiger partial charge in [0.05, 0.1) is 18.8 Å². The predicted octanol–water partition coefficient (Wildman–Crippen LogP) is 2.80. The summed E-state index contributed by atoms with van der Waals surface area (Å²) < 4.78 is 5.81. The largest absolute Gasteiger partial charge is 0.487 e. The fourth-order valence-corrected chi connectivity index (χ4v) is 2.77. The highest BCUT2D eigenvalue weighted by molar-refractivity contribution is 5.95. The van der Waals surface area contributed by atoms with Gasteiger partial charge in [-0.1, -0.05) is 18.2 Å². The molecule has 0 aromatic heterocycles. The fraction of sp³-hybridized carbons (Fsp3) is 0.278. The molecule has 0 aliphatic carbocycles. The third-order valence-corrected chi connectivity index (χ3v) is 3.88. The number of carbonyl (C=O) groups excluding carboxylic acids is 1. The predicted molar refractivity (Wildman–Crippen MR) is 93.0 cm³/mol. The third kappa shape index (κ3) is 3.39. The molecule has 0 saturated carbocycles. The molecule has 2 aromatic carbocycles. The molecule has 120 valence electrons. The normalized spacial score (nSPS) is 16.4. The third-order valence-electron chi connectivity index (χ3n) is 3.88. The van der Waals surface area contributed by atoms with E-state index in [1.165, 1.54) is 0 Å². The van der Waals surface area contributed by atoms with Crippen molar-refractivity contribution >= 4 is 23.0 Å². The van der Waals surface area contributed by atoms with E-state index < -0.39 is 0 Å². The van der Waals surface area contributed by atoms with Gasteiger partial charge in [0.25, 0.3) is 0 Å². The quantitative estimate of drug-likeness (QED) is 0.855. The van der Waals surface area contributed by atoms with E-state index in [9.17, 15) is 4.79 Å². The van der Waals surface area contributed by atoms with Gasteiger partial charge in [0, 0.05) is 11.4 Å². The number of fused-ring (bicyclic) bond motifs is 1. The second-order valence-corrected chi connectivity index (χ2v) is 5.90. The summed E-state index contributed by atoms with van der Waals surface area (Å²) in [6.45, 7) is 4.88. The van der Waals surface area contributed by atoms with Crippen LogP contribution in [-0.4, -0.2) is 25.1 Å². The number of nitrogens with two attached hydrogens (primary N) is 1. The SMILES string of the molecule is Cc1ccccc1NC(=O)CN1CC(C)Oc2ccc(N)cc21. The Hall–Kier alpha value is -2.69. The minimum Gasteiger partial charge on any atom is -0.487 e. The molecule has 1 amide bonds. The van der Waals surface area contributed by atoms with Crippen LogP contribution in [0.2, 0.25) is 0 Å². The van der Waals surface area contributed by atoms with Crippen LogP contribution >= 0.6 is 0 Å². The van der Waals surface area contributed by atoms with Crippen molar-refractivity contribution in [3.05, 3.63) is 48.0 Å². The summed E-state index contributed by atoms with van der Waals surface area (Å²) >= 11 is 0. The van der Waals surface area contributed by atoms with Crippen LogP contribution in [0.15, 0.2) is 42.5 Å². The number of nitrogen functional groups attached to an aromatic ring is 1. The van der Waals surface area contributed by atoms with Gasteiger partial charge >= 0.3 is 0 Å². The lowest BCUT2D eigenvalue weighted by Gasteiger charge is -2.34. The highest BCUT2D eigenvalue weighted by Gasteiger charge is 2.24. The van der Waals surface area contributed by atoms with Gasteiger partial charge in [-0.05, 0) is 43.7 Å². The summed E-state index contributed by atoms with van der Waals surface area (Å²) in [5, 5.41) is 2.97. The van der Waals surface area contributed by atoms with Crippen LogP contribution in [0.3, 0.4) is 0 Å². The molecule has 0 bridgehead atoms. The molecule has 5 nitrogen and oxygen atoms in total. The maximum atomic E-state index is 12.4. The number of rotatable bonds is 3. The molecule has 1 unspecified atom stereocenters. The molecule has 2 aromatic rings. The van der Waals surface area contributed by atoms with Crippen molar-refractivity contribution in [3.8, 4) is 5.75 Å². The minimum absolute atomic E-state index is 0.0254. The second-order valence-electron chi connectivity index (χ2n) is 5.90. The molecular formula is C18H21N3O2. The highest BCUT2D eigenvalue weighted by Crippen LogP contribution is 2.34. The first-order chi connectivity index (χ1) is 11.0. The van der Waals surface area contributed by atoms with Crippen LogP contribution in [0.4, 0.5) is 17.1 Å². The lowest BCUT2D eigenvalue weighted by Crippen LogP contribution is -2.42. The van der Waals surface area contributed by atoms with Crippen molar-refractivity contribution in [1.82, 2.24) is 0 Å². The average molecular weight is 311 g/mol. The Morgan fingerprint density at radius 2 is 2.13 bits per heavy atom. The van der Waals surface area contributed by atoms with E-state index in [1.807, 2.05) is 61.2 Å². The van der Waals surface area contributed by atoms with Crippen molar-refractivity contribution in [2.45, 2.75) is 20.0 Å². The number of anilines is 3. The van der Waals surface area contributed by atoms with Crippen molar-refractivity contribution in [1.29, 1.82) is 0 Å². The molecule has 0 radical (unpaired) electrons. The van der Waals surface area contributed by atoms with E-state index >= 15 is 0 Å². The first kappa shape index (κ1) is 15.2. The molecule has 1 atom stereocenters. The van der Waals surface area contributed by atoms with Gasteiger partial charge in [0.2, 0.25) is 5.91 Å². The summed E-state index contributed by atoms with van der Waals surface area (Å²) in [6.07, 6.45) is 0.0254. The monoisotopic (exact) mass is 311 g/mol. The molecule has 5 heteroatoms. The number of benzene rings is 2. The molecule has 0 spiro atoms. The van der Waals surface area contributed by atoms with Gasteiger partial charge in [-0.15, -0.1) is 0 Å². The second kappa shape index (κ2) is 6.20. The molecule has 3 rings (SSSR count). The zero-order chi connectivity index (χ0) is 16.4. The summed E-state index contributed by atoms with van der Waals surface area (Å²) in [6, 6.07) is 13.3. The number of nitrogens with zero attached hydrogens (tertiary/aromatic N) is 1. The van der Waals surface area contributed by atoms with Gasteiger partial charge < -0.3 is 20.7 Å². The van der Waals surface area contributed by atoms with Crippen molar-refractivity contribution < 1.29 is 9.53 Å². The Morgan fingerprint density at radius 1 is 1.35 bits per heavy atom. The zero-order valence-electron chi connectivity index (χ0n) is 13.4. The van der Waals surface area contributed by atoms with Crippen LogP contribution in [0.1, 0.15) is 12.5 Å². The molecule has 1 aliphatic rings. The van der Waals surface area contributed by atoms with E-state index in [2.05, 4.69) is 5.32 Å². The Labute approximate surface area is 136 Å². The number of aryl methyl sites for hydroxylation is 1. The molecule has 3 N–H and O–H groups in total. The molecule has 23 heavy (non-hydrogen) atoms. The highest BCUT2D eigenvalue weighted by atomic mass is 16.5. The van der Waals surface area contributed by atoms with Gasteiger partial charge in [-0.3, -0.25) is 4.79 Å². The van der Waals surface area contributed by atoms with E-state index in [0.29, 0.717) is 12.2 Å². The zero-order valence-corrected chi connectivity index (χ0v) is 13.4. The summed E-state index contributed by atoms with van der Waals surface area (Å²) in [5.41, 5.74) is 9.27. The molecule has 0 fully saturated rings. The number of ether oxygens (including phenoxy) is 1. The van der Waals surface area contributed by atoms with Gasteiger partial charge in [0.1, 0.15) is 11.9 Å². The number of nitrogens with one attached hydrogen (secondary N) is 1. The summed E-state index contributed by atoms with van der Waals surface area (Å²) in [5.74, 6) is 0.711. The molecular weight excluding hydrogens is 290 g/mol. The number of hydrogen-bond donors (Lipinski definition) is 2. The standard InChI is InChI=1S/C18H21N3O2/c1-12-5-3-4-6-15(12)20-18(22)11-21-10-13(2)23-17-8-7-14(19)9-16(17)21/h3-9,13H,10-11,19H2,1-2H3,(H,20,22). The van der Waals surface area contributed by atoms with Crippen molar-refractivity contribution in [3.63, 3.8) is 0 Å². The average Bonchev–Trinajstić information content (AvgIpc) is 2.50. The van der Waals surface area contributed by atoms with E-state index in [-0.39, 0.29) is 18.6 Å². The minimum atomic E-state index is -0.0539. The van der Waals surface area contributed by atoms with Gasteiger partial charge in [-0.25, -0.2) is 0 Å². The first-order valence-corrected chi connectivity index (χ1v) is 7.69. The van der Waals surface area contributed by atoms with Crippen LogP contribution in [0.25, 0.3) is 0 Å². The van der Waals surface area contributed by atoms with Gasteiger partial charge in [0.15, 0.2) is 0 Å². The molecule has 0 saturated heterocycles. The Morgan fingerprint density at radius 3 is 2.91 bits per heavy atom. The van der Waals surface area contributed by atoms with E-state index in [0.717, 1.165) is 22.7 Å². The number of hydrogen-bond acceptors (Lipinski definition) is 4. The number of carbonyl (C=O) groups is 1. The molecule has 1 heterocycles. The lowest BCUT2D eigenvalue weighted by molar-refractivity contribution is -0.115. The number of amides is 1. The lowest BCUT2D eigenvalue weighted by atomic mass is 10.1. The maximum absolute atomic E-state index is 12.4. The topological polar surface area (TPSA) is 67.6 Å². The van der Waals surface area contributed by atoms with Crippen LogP contribution in [0.5, 0.6) is 5.75 Å². The van der Waals surface area contributed by atoms with E-state index in [1.54, 1.807) is 0 Å². The van der Waals surface area contributed by atoms with Crippen LogP contribution in [-0.2, 0) is 4.79 Å². The van der Waals surface area contributed by atoms with Crippen LogP contribution in [0, 0.1) is 6.92 Å². The van der Waals surface area contributed by atoms with Crippen molar-refractivity contribution in [2.24, 2.45) is 0 Å². The smallest absolute Gasteiger partial charge is 0.243 e. The maximum Gasteiger partial charge on any atom is 0.243 e.